The maximum atomic E-state index is 12.4. The Balaban J connectivity index is 1.33. The van der Waals surface area contributed by atoms with Gasteiger partial charge in [-0.2, -0.15) is 0 Å². The van der Waals surface area contributed by atoms with Crippen molar-refractivity contribution in [3.63, 3.8) is 0 Å². The van der Waals surface area contributed by atoms with E-state index in [1.165, 1.54) is 0 Å². The number of aromatic nitrogens is 2. The van der Waals surface area contributed by atoms with Crippen molar-refractivity contribution < 1.29 is 14.0 Å². The van der Waals surface area contributed by atoms with Gasteiger partial charge < -0.3 is 15.1 Å². The lowest BCUT2D eigenvalue weighted by Gasteiger charge is -2.12. The first-order chi connectivity index (χ1) is 14.1. The van der Waals surface area contributed by atoms with Crippen molar-refractivity contribution in [3.8, 4) is 11.5 Å². The maximum absolute atomic E-state index is 12.4. The van der Waals surface area contributed by atoms with E-state index in [4.69, 9.17) is 4.42 Å². The van der Waals surface area contributed by atoms with Crippen molar-refractivity contribution in [2.24, 2.45) is 11.8 Å². The molecule has 0 spiro atoms. The minimum atomic E-state index is -0.212. The van der Waals surface area contributed by atoms with Crippen LogP contribution in [-0.4, -0.2) is 34.9 Å². The van der Waals surface area contributed by atoms with Crippen LogP contribution >= 0.6 is 0 Å². The van der Waals surface area contributed by atoms with Crippen molar-refractivity contribution in [2.75, 3.05) is 13.1 Å². The molecule has 2 aromatic heterocycles. The number of pyridine rings is 1. The molecule has 2 heterocycles. The average Bonchev–Trinajstić information content (AvgIpc) is 3.39. The van der Waals surface area contributed by atoms with Crippen LogP contribution in [0.4, 0.5) is 0 Å². The minimum absolute atomic E-state index is 0.0607. The number of para-hydroxylation sites is 2. The number of hydrogen-bond acceptors (Lipinski definition) is 5. The predicted molar refractivity (Wildman–Crippen MR) is 109 cm³/mol. The zero-order chi connectivity index (χ0) is 20.2. The van der Waals surface area contributed by atoms with Crippen molar-refractivity contribution in [2.45, 2.75) is 26.2 Å². The van der Waals surface area contributed by atoms with Crippen molar-refractivity contribution in [1.82, 2.24) is 20.6 Å². The Bertz CT molecular complexity index is 979. The van der Waals surface area contributed by atoms with Gasteiger partial charge in [0.1, 0.15) is 11.2 Å². The molecule has 0 radical (unpaired) electrons. The summed E-state index contributed by atoms with van der Waals surface area (Å²) in [6, 6.07) is 11.0. The molecule has 1 saturated carbocycles. The van der Waals surface area contributed by atoms with E-state index in [0.717, 1.165) is 30.3 Å². The average molecular weight is 392 g/mol. The van der Waals surface area contributed by atoms with Crippen LogP contribution in [0.1, 0.15) is 36.7 Å². The number of oxazole rings is 1. The lowest BCUT2D eigenvalue weighted by molar-refractivity contribution is -0.124. The number of carbonyl (C=O) groups excluding carboxylic acids is 2. The maximum Gasteiger partial charge on any atom is 0.269 e. The quantitative estimate of drug-likeness (QED) is 0.672. The van der Waals surface area contributed by atoms with Crippen LogP contribution in [0.25, 0.3) is 22.6 Å². The molecule has 4 rings (SSSR count). The largest absolute Gasteiger partial charge is 0.436 e. The Morgan fingerprint density at radius 1 is 1.14 bits per heavy atom. The number of nitrogens with zero attached hydrogens (tertiary/aromatic N) is 2. The fraction of sp³-hybridized carbons (Fsp3) is 0.364. The molecular formula is C22H24N4O3. The van der Waals surface area contributed by atoms with Gasteiger partial charge in [0.2, 0.25) is 11.8 Å². The summed E-state index contributed by atoms with van der Waals surface area (Å²) in [6.07, 6.45) is 4.24. The van der Waals surface area contributed by atoms with Crippen molar-refractivity contribution in [3.05, 3.63) is 48.3 Å². The highest BCUT2D eigenvalue weighted by atomic mass is 16.3. The van der Waals surface area contributed by atoms with E-state index < -0.39 is 0 Å². The summed E-state index contributed by atoms with van der Waals surface area (Å²) in [5.74, 6) is 0.775. The number of carbonyl (C=O) groups is 2. The third kappa shape index (κ3) is 4.29. The first-order valence-corrected chi connectivity index (χ1v) is 10.0. The van der Waals surface area contributed by atoms with E-state index in [9.17, 15) is 9.59 Å². The highest BCUT2D eigenvalue weighted by Gasteiger charge is 2.29. The molecule has 1 aromatic carbocycles. The van der Waals surface area contributed by atoms with Gasteiger partial charge in [-0.3, -0.25) is 14.6 Å². The highest BCUT2D eigenvalue weighted by molar-refractivity contribution is 5.92. The molecule has 7 nitrogen and oxygen atoms in total. The molecule has 2 atom stereocenters. The van der Waals surface area contributed by atoms with Crippen LogP contribution in [0.2, 0.25) is 0 Å². The lowest BCUT2D eigenvalue weighted by Crippen LogP contribution is -2.31. The summed E-state index contributed by atoms with van der Waals surface area (Å²) in [4.78, 5) is 33.1. The second-order valence-electron chi connectivity index (χ2n) is 7.40. The van der Waals surface area contributed by atoms with E-state index in [0.29, 0.717) is 36.2 Å². The first kappa shape index (κ1) is 19.1. The van der Waals surface area contributed by atoms with E-state index in [2.05, 4.69) is 20.6 Å². The van der Waals surface area contributed by atoms with Crippen molar-refractivity contribution in [1.29, 1.82) is 0 Å². The summed E-state index contributed by atoms with van der Waals surface area (Å²) in [7, 11) is 0. The summed E-state index contributed by atoms with van der Waals surface area (Å²) in [5.41, 5.74) is 2.57. The molecule has 0 aliphatic heterocycles. The Morgan fingerprint density at radius 2 is 2.00 bits per heavy atom. The standard InChI is InChI=1S/C22H24N4O3/c1-2-23-20(27)15-8-7-14(11-15)12-25-21(28)18-10-9-16(13-24-18)22-26-17-5-3-4-6-19(17)29-22/h3-6,9-10,13-15H,2,7-8,11-12H2,1H3,(H,23,27)(H,25,28)/t14-,15+/m1/s1. The van der Waals surface area contributed by atoms with Gasteiger partial charge in [0.15, 0.2) is 5.58 Å². The molecule has 0 saturated heterocycles. The van der Waals surface area contributed by atoms with Gasteiger partial charge in [-0.25, -0.2) is 4.98 Å². The Morgan fingerprint density at radius 3 is 2.76 bits per heavy atom. The minimum Gasteiger partial charge on any atom is -0.436 e. The van der Waals surface area contributed by atoms with Gasteiger partial charge in [0, 0.05) is 25.2 Å². The molecule has 0 bridgehead atoms. The SMILES string of the molecule is CCNC(=O)[C@H]1CC[C@@H](CNC(=O)c2ccc(-c3nc4ccccc4o3)cn2)C1. The number of nitrogens with one attached hydrogen (secondary N) is 2. The Hall–Kier alpha value is -3.22. The molecule has 29 heavy (non-hydrogen) atoms. The second-order valence-corrected chi connectivity index (χ2v) is 7.40. The first-order valence-electron chi connectivity index (χ1n) is 10.0. The zero-order valence-corrected chi connectivity index (χ0v) is 16.4. The fourth-order valence-electron chi connectivity index (χ4n) is 3.80. The van der Waals surface area contributed by atoms with Gasteiger partial charge in [0.25, 0.3) is 5.91 Å². The number of benzene rings is 1. The molecule has 1 fully saturated rings. The molecule has 2 N–H and O–H groups in total. The summed E-state index contributed by atoms with van der Waals surface area (Å²) >= 11 is 0. The molecule has 1 aliphatic carbocycles. The fourth-order valence-corrected chi connectivity index (χ4v) is 3.80. The van der Waals surface area contributed by atoms with Crippen LogP contribution < -0.4 is 10.6 Å². The van der Waals surface area contributed by atoms with E-state index in [1.807, 2.05) is 31.2 Å². The number of rotatable bonds is 6. The summed E-state index contributed by atoms with van der Waals surface area (Å²) in [6.45, 7) is 3.14. The van der Waals surface area contributed by atoms with Gasteiger partial charge in [-0.1, -0.05) is 12.1 Å². The van der Waals surface area contributed by atoms with Crippen LogP contribution in [0.5, 0.6) is 0 Å². The van der Waals surface area contributed by atoms with Crippen LogP contribution in [-0.2, 0) is 4.79 Å². The normalized spacial score (nSPS) is 18.7. The topological polar surface area (TPSA) is 97.1 Å². The van der Waals surface area contributed by atoms with Crippen LogP contribution in [0.3, 0.4) is 0 Å². The smallest absolute Gasteiger partial charge is 0.269 e. The third-order valence-corrected chi connectivity index (χ3v) is 5.35. The molecule has 2 amide bonds. The summed E-state index contributed by atoms with van der Waals surface area (Å²) < 4.78 is 5.73. The second kappa shape index (κ2) is 8.43. The Labute approximate surface area is 168 Å². The van der Waals surface area contributed by atoms with Crippen LogP contribution in [0.15, 0.2) is 47.0 Å². The highest BCUT2D eigenvalue weighted by Crippen LogP contribution is 2.30. The summed E-state index contributed by atoms with van der Waals surface area (Å²) in [5, 5.41) is 5.82. The lowest BCUT2D eigenvalue weighted by atomic mass is 10.0. The van der Waals surface area contributed by atoms with Gasteiger partial charge >= 0.3 is 0 Å². The molecule has 1 aliphatic rings. The molecule has 150 valence electrons. The van der Waals surface area contributed by atoms with Gasteiger partial charge in [0.05, 0.1) is 5.56 Å². The monoisotopic (exact) mass is 392 g/mol. The van der Waals surface area contributed by atoms with E-state index >= 15 is 0 Å². The van der Waals surface area contributed by atoms with Crippen LogP contribution in [0, 0.1) is 11.8 Å². The third-order valence-electron chi connectivity index (χ3n) is 5.35. The zero-order valence-electron chi connectivity index (χ0n) is 16.4. The molecule has 7 heteroatoms. The van der Waals surface area contributed by atoms with E-state index in [1.54, 1.807) is 18.3 Å². The Kier molecular flexibility index (Phi) is 5.55. The number of hydrogen-bond donors (Lipinski definition) is 2. The number of fused-ring (bicyclic) bond motifs is 1. The van der Waals surface area contributed by atoms with Gasteiger partial charge in [-0.05, 0) is 56.4 Å². The molecule has 0 unspecified atom stereocenters. The molecular weight excluding hydrogens is 368 g/mol. The van der Waals surface area contributed by atoms with Gasteiger partial charge in [-0.15, -0.1) is 0 Å². The van der Waals surface area contributed by atoms with E-state index in [-0.39, 0.29) is 17.7 Å². The van der Waals surface area contributed by atoms with Crippen molar-refractivity contribution >= 4 is 22.9 Å². The predicted octanol–water partition coefficient (Wildman–Crippen LogP) is 3.17. The number of amides is 2. The molecule has 3 aromatic rings.